The Morgan fingerprint density at radius 1 is 1.30 bits per heavy atom. The molecule has 0 aliphatic heterocycles. The number of hydrogen-bond acceptors (Lipinski definition) is 4. The fourth-order valence-corrected chi connectivity index (χ4v) is 2.17. The molecular formula is C11H13N5O2S2. The molecule has 9 heteroatoms. The van der Waals surface area contributed by atoms with Crippen LogP contribution >= 0.6 is 12.2 Å². The Morgan fingerprint density at radius 3 is 2.55 bits per heavy atom. The number of nitrogens with one attached hydrogen (secondary N) is 3. The van der Waals surface area contributed by atoms with Gasteiger partial charge in [0.05, 0.1) is 17.1 Å². The van der Waals surface area contributed by atoms with Crippen molar-refractivity contribution < 1.29 is 8.42 Å². The summed E-state index contributed by atoms with van der Waals surface area (Å²) in [6.07, 6.45) is 1.65. The summed E-state index contributed by atoms with van der Waals surface area (Å²) in [5.41, 5.74) is 1.57. The van der Waals surface area contributed by atoms with Gasteiger partial charge in [-0.1, -0.05) is 0 Å². The van der Waals surface area contributed by atoms with Crippen LogP contribution in [0.1, 0.15) is 5.69 Å². The van der Waals surface area contributed by atoms with E-state index in [2.05, 4.69) is 20.8 Å². The Hall–Kier alpha value is -1.97. The van der Waals surface area contributed by atoms with Crippen LogP contribution in [0.15, 0.2) is 41.4 Å². The van der Waals surface area contributed by atoms with Gasteiger partial charge >= 0.3 is 0 Å². The summed E-state index contributed by atoms with van der Waals surface area (Å²) in [5, 5.41) is 18.0. The van der Waals surface area contributed by atoms with Crippen molar-refractivity contribution in [3.05, 3.63) is 42.2 Å². The van der Waals surface area contributed by atoms with E-state index in [0.29, 0.717) is 17.3 Å². The Morgan fingerprint density at radius 2 is 2.00 bits per heavy atom. The second-order valence-corrected chi connectivity index (χ2v) is 5.93. The van der Waals surface area contributed by atoms with Gasteiger partial charge in [0.25, 0.3) is 0 Å². The van der Waals surface area contributed by atoms with Crippen LogP contribution in [0.2, 0.25) is 0 Å². The van der Waals surface area contributed by atoms with Gasteiger partial charge in [-0.05, 0) is 42.5 Å². The minimum absolute atomic E-state index is 0.0550. The number of nitrogens with zero attached hydrogens (tertiary/aromatic N) is 1. The molecule has 5 N–H and O–H groups in total. The molecule has 0 fully saturated rings. The first kappa shape index (κ1) is 14.4. The van der Waals surface area contributed by atoms with Gasteiger partial charge < -0.3 is 10.6 Å². The molecule has 1 aromatic heterocycles. The Kier molecular flexibility index (Phi) is 4.32. The van der Waals surface area contributed by atoms with Crippen LogP contribution in [0, 0.1) is 0 Å². The first-order chi connectivity index (χ1) is 9.45. The maximum absolute atomic E-state index is 11.1. The van der Waals surface area contributed by atoms with Crippen molar-refractivity contribution in [2.45, 2.75) is 11.4 Å². The van der Waals surface area contributed by atoms with Crippen molar-refractivity contribution in [2.24, 2.45) is 5.14 Å². The van der Waals surface area contributed by atoms with Gasteiger partial charge in [0.2, 0.25) is 10.0 Å². The second-order valence-electron chi connectivity index (χ2n) is 3.96. The Labute approximate surface area is 121 Å². The van der Waals surface area contributed by atoms with E-state index in [1.807, 2.05) is 6.07 Å². The summed E-state index contributed by atoms with van der Waals surface area (Å²) in [6.45, 7) is 0.515. The number of anilines is 1. The number of benzene rings is 1. The number of H-pyrrole nitrogens is 1. The molecule has 0 saturated carbocycles. The molecule has 0 bridgehead atoms. The van der Waals surface area contributed by atoms with Crippen LogP contribution in [0.3, 0.4) is 0 Å². The maximum Gasteiger partial charge on any atom is 0.238 e. The summed E-state index contributed by atoms with van der Waals surface area (Å²) in [7, 11) is -3.68. The van der Waals surface area contributed by atoms with Crippen LogP contribution in [-0.2, 0) is 16.6 Å². The van der Waals surface area contributed by atoms with Crippen molar-refractivity contribution in [1.29, 1.82) is 0 Å². The predicted molar refractivity (Wildman–Crippen MR) is 79.5 cm³/mol. The molecule has 0 spiro atoms. The SMILES string of the molecule is NS(=O)(=O)c1ccc(NC(=S)NCc2ccn[nH]2)cc1. The lowest BCUT2D eigenvalue weighted by Crippen LogP contribution is -2.28. The van der Waals surface area contributed by atoms with Crippen LogP contribution in [0.25, 0.3) is 0 Å². The van der Waals surface area contributed by atoms with Crippen molar-refractivity contribution in [2.75, 3.05) is 5.32 Å². The lowest BCUT2D eigenvalue weighted by atomic mass is 10.3. The Bertz CT molecular complexity index is 680. The van der Waals surface area contributed by atoms with E-state index >= 15 is 0 Å². The number of nitrogens with two attached hydrogens (primary N) is 1. The number of thiocarbonyl (C=S) groups is 1. The Balaban J connectivity index is 1.91. The van der Waals surface area contributed by atoms with Crippen LogP contribution in [-0.4, -0.2) is 23.7 Å². The van der Waals surface area contributed by atoms with Gasteiger partial charge in [-0.25, -0.2) is 13.6 Å². The number of primary sulfonamides is 1. The molecule has 106 valence electrons. The number of aromatic nitrogens is 2. The molecular weight excluding hydrogens is 298 g/mol. The van der Waals surface area contributed by atoms with E-state index in [1.165, 1.54) is 12.1 Å². The molecule has 2 rings (SSSR count). The number of sulfonamides is 1. The molecule has 0 unspecified atom stereocenters. The molecule has 1 heterocycles. The molecule has 0 aliphatic rings. The fourth-order valence-electron chi connectivity index (χ4n) is 1.46. The van der Waals surface area contributed by atoms with E-state index in [4.69, 9.17) is 17.4 Å². The standard InChI is InChI=1S/C11H13N5O2S2/c12-20(17,18)10-3-1-8(2-4-10)15-11(19)13-7-9-5-6-14-16-9/h1-6H,7H2,(H,14,16)(H2,12,17,18)(H2,13,15,19). The molecule has 0 aliphatic carbocycles. The minimum Gasteiger partial charge on any atom is -0.357 e. The van der Waals surface area contributed by atoms with Crippen LogP contribution in [0.4, 0.5) is 5.69 Å². The number of aromatic amines is 1. The molecule has 0 radical (unpaired) electrons. The first-order valence-electron chi connectivity index (χ1n) is 5.61. The normalized spacial score (nSPS) is 11.1. The highest BCUT2D eigenvalue weighted by molar-refractivity contribution is 7.89. The predicted octanol–water partition coefficient (Wildman–Crippen LogP) is 0.544. The van der Waals surface area contributed by atoms with Gasteiger partial charge in [0, 0.05) is 11.9 Å². The van der Waals surface area contributed by atoms with Crippen LogP contribution in [0.5, 0.6) is 0 Å². The molecule has 2 aromatic rings. The largest absolute Gasteiger partial charge is 0.357 e. The number of rotatable bonds is 4. The third-order valence-electron chi connectivity index (χ3n) is 2.44. The second kappa shape index (κ2) is 5.99. The topological polar surface area (TPSA) is 113 Å². The first-order valence-corrected chi connectivity index (χ1v) is 7.56. The summed E-state index contributed by atoms with van der Waals surface area (Å²) in [6, 6.07) is 7.83. The van der Waals surface area contributed by atoms with E-state index in [1.54, 1.807) is 18.3 Å². The zero-order chi connectivity index (χ0) is 14.6. The highest BCUT2D eigenvalue weighted by Gasteiger charge is 2.07. The van der Waals surface area contributed by atoms with Gasteiger partial charge in [0.1, 0.15) is 0 Å². The fraction of sp³-hybridized carbons (Fsp3) is 0.0909. The third kappa shape index (κ3) is 4.02. The summed E-state index contributed by atoms with van der Waals surface area (Å²) < 4.78 is 22.2. The molecule has 0 amide bonds. The molecule has 7 nitrogen and oxygen atoms in total. The maximum atomic E-state index is 11.1. The zero-order valence-corrected chi connectivity index (χ0v) is 12.0. The van der Waals surface area contributed by atoms with E-state index < -0.39 is 10.0 Å². The van der Waals surface area contributed by atoms with Crippen molar-refractivity contribution in [1.82, 2.24) is 15.5 Å². The van der Waals surface area contributed by atoms with E-state index in [-0.39, 0.29) is 4.90 Å². The zero-order valence-electron chi connectivity index (χ0n) is 10.3. The lowest BCUT2D eigenvalue weighted by Gasteiger charge is -2.10. The van der Waals surface area contributed by atoms with Crippen LogP contribution < -0.4 is 15.8 Å². The highest BCUT2D eigenvalue weighted by Crippen LogP contribution is 2.12. The van der Waals surface area contributed by atoms with Gasteiger partial charge in [-0.3, -0.25) is 5.10 Å². The molecule has 20 heavy (non-hydrogen) atoms. The molecule has 0 atom stereocenters. The summed E-state index contributed by atoms with van der Waals surface area (Å²) in [4.78, 5) is 0.0550. The summed E-state index contributed by atoms with van der Waals surface area (Å²) in [5.74, 6) is 0. The monoisotopic (exact) mass is 311 g/mol. The average molecular weight is 311 g/mol. The van der Waals surface area contributed by atoms with E-state index in [0.717, 1.165) is 5.69 Å². The molecule has 1 aromatic carbocycles. The average Bonchev–Trinajstić information content (AvgIpc) is 2.89. The van der Waals surface area contributed by atoms with Crippen molar-refractivity contribution in [3.63, 3.8) is 0 Å². The van der Waals surface area contributed by atoms with Gasteiger partial charge in [0.15, 0.2) is 5.11 Å². The van der Waals surface area contributed by atoms with E-state index in [9.17, 15) is 8.42 Å². The smallest absolute Gasteiger partial charge is 0.238 e. The van der Waals surface area contributed by atoms with Gasteiger partial charge in [-0.15, -0.1) is 0 Å². The third-order valence-corrected chi connectivity index (χ3v) is 3.61. The van der Waals surface area contributed by atoms with Crippen molar-refractivity contribution >= 4 is 33.0 Å². The lowest BCUT2D eigenvalue weighted by molar-refractivity contribution is 0.598. The molecule has 0 saturated heterocycles. The highest BCUT2D eigenvalue weighted by atomic mass is 32.2. The summed E-state index contributed by atoms with van der Waals surface area (Å²) >= 11 is 5.12. The van der Waals surface area contributed by atoms with Gasteiger partial charge in [-0.2, -0.15) is 5.10 Å². The quantitative estimate of drug-likeness (QED) is 0.613. The van der Waals surface area contributed by atoms with Crippen molar-refractivity contribution in [3.8, 4) is 0 Å². The minimum atomic E-state index is -3.68. The number of hydrogen-bond donors (Lipinski definition) is 4.